The number of carbonyl (C=O) groups excluding carboxylic acids is 1. The normalized spacial score (nSPS) is 15.9. The van der Waals surface area contributed by atoms with Crippen molar-refractivity contribution in [3.63, 3.8) is 0 Å². The third-order valence-electron chi connectivity index (χ3n) is 5.10. The van der Waals surface area contributed by atoms with Gasteiger partial charge in [0.1, 0.15) is 0 Å². The van der Waals surface area contributed by atoms with Gasteiger partial charge >= 0.3 is 0 Å². The second-order valence-electron chi connectivity index (χ2n) is 7.04. The zero-order valence-electron chi connectivity index (χ0n) is 15.3. The summed E-state index contributed by atoms with van der Waals surface area (Å²) in [5.74, 6) is 0.143. The van der Waals surface area contributed by atoms with Crippen molar-refractivity contribution in [2.75, 3.05) is 24.5 Å². The van der Waals surface area contributed by atoms with Gasteiger partial charge in [-0.05, 0) is 43.9 Å². The first-order valence-corrected chi connectivity index (χ1v) is 9.26. The van der Waals surface area contributed by atoms with E-state index in [0.29, 0.717) is 6.04 Å². The number of nitrogens with zero attached hydrogens (tertiary/aromatic N) is 2. The lowest BCUT2D eigenvalue weighted by molar-refractivity contribution is -0.117. The van der Waals surface area contributed by atoms with Gasteiger partial charge in [-0.25, -0.2) is 0 Å². The van der Waals surface area contributed by atoms with Crippen LogP contribution in [0.3, 0.4) is 0 Å². The molecule has 132 valence electrons. The number of hydrogen-bond acceptors (Lipinski definition) is 2. The summed E-state index contributed by atoms with van der Waals surface area (Å²) in [5.41, 5.74) is 3.76. The summed E-state index contributed by atoms with van der Waals surface area (Å²) in [6, 6.07) is 19.2. The molecule has 0 aromatic heterocycles. The molecule has 1 aliphatic rings. The van der Waals surface area contributed by atoms with Gasteiger partial charge in [0.15, 0.2) is 0 Å². The average molecular weight is 336 g/mol. The summed E-state index contributed by atoms with van der Waals surface area (Å²) >= 11 is 0. The van der Waals surface area contributed by atoms with Crippen molar-refractivity contribution in [1.82, 2.24) is 4.90 Å². The van der Waals surface area contributed by atoms with E-state index in [2.05, 4.69) is 36.1 Å². The van der Waals surface area contributed by atoms with Gasteiger partial charge in [0.2, 0.25) is 5.91 Å². The van der Waals surface area contributed by atoms with Gasteiger partial charge in [0.25, 0.3) is 0 Å². The van der Waals surface area contributed by atoms with E-state index in [1.54, 1.807) is 6.92 Å². The minimum absolute atomic E-state index is 0.143. The van der Waals surface area contributed by atoms with Crippen LogP contribution in [0.5, 0.6) is 0 Å². The van der Waals surface area contributed by atoms with Crippen molar-refractivity contribution >= 4 is 11.6 Å². The molecule has 1 heterocycles. The molecule has 0 bridgehead atoms. The molecule has 1 saturated heterocycles. The van der Waals surface area contributed by atoms with Crippen LogP contribution in [0.15, 0.2) is 54.6 Å². The molecule has 0 spiro atoms. The monoisotopic (exact) mass is 336 g/mol. The lowest BCUT2D eigenvalue weighted by Crippen LogP contribution is -2.47. The molecular weight excluding hydrogens is 308 g/mol. The minimum Gasteiger partial charge on any atom is -0.310 e. The highest BCUT2D eigenvalue weighted by Gasteiger charge is 2.27. The fourth-order valence-corrected chi connectivity index (χ4v) is 3.79. The molecule has 0 unspecified atom stereocenters. The van der Waals surface area contributed by atoms with Crippen molar-refractivity contribution in [1.29, 1.82) is 0 Å². The molecule has 0 atom stereocenters. The molecule has 3 nitrogen and oxygen atoms in total. The Morgan fingerprint density at radius 2 is 1.80 bits per heavy atom. The molecule has 3 heteroatoms. The van der Waals surface area contributed by atoms with Crippen LogP contribution in [-0.2, 0) is 11.2 Å². The maximum absolute atomic E-state index is 12.2. The molecular formula is C22H28N2O. The molecule has 1 aliphatic heterocycles. The molecule has 0 aliphatic carbocycles. The number of benzene rings is 2. The second-order valence-corrected chi connectivity index (χ2v) is 7.04. The molecule has 3 rings (SSSR count). The van der Waals surface area contributed by atoms with Crippen LogP contribution in [0.25, 0.3) is 0 Å². The Morgan fingerprint density at radius 1 is 1.08 bits per heavy atom. The highest BCUT2D eigenvalue weighted by molar-refractivity contribution is 5.92. The summed E-state index contributed by atoms with van der Waals surface area (Å²) < 4.78 is 0. The first-order valence-electron chi connectivity index (χ1n) is 9.26. The van der Waals surface area contributed by atoms with E-state index in [-0.39, 0.29) is 5.91 Å². The fraction of sp³-hybridized carbons (Fsp3) is 0.409. The summed E-state index contributed by atoms with van der Waals surface area (Å²) in [7, 11) is 0. The largest absolute Gasteiger partial charge is 0.310 e. The lowest BCUT2D eigenvalue weighted by Gasteiger charge is -2.38. The molecule has 1 fully saturated rings. The van der Waals surface area contributed by atoms with Crippen LogP contribution in [0.4, 0.5) is 5.69 Å². The summed E-state index contributed by atoms with van der Waals surface area (Å²) in [6.07, 6.45) is 3.19. The van der Waals surface area contributed by atoms with E-state index in [4.69, 9.17) is 0 Å². The Bertz CT molecular complexity index is 690. The zero-order chi connectivity index (χ0) is 17.6. The first kappa shape index (κ1) is 17.7. The summed E-state index contributed by atoms with van der Waals surface area (Å²) in [6.45, 7) is 7.05. The van der Waals surface area contributed by atoms with E-state index >= 15 is 0 Å². The first-order chi connectivity index (χ1) is 12.1. The Hall–Kier alpha value is -2.13. The van der Waals surface area contributed by atoms with Crippen LogP contribution in [0.2, 0.25) is 0 Å². The van der Waals surface area contributed by atoms with Gasteiger partial charge in [-0.3, -0.25) is 4.79 Å². The zero-order valence-corrected chi connectivity index (χ0v) is 15.3. The maximum atomic E-state index is 12.2. The number of piperidine rings is 1. The van der Waals surface area contributed by atoms with E-state index in [1.807, 2.05) is 35.2 Å². The van der Waals surface area contributed by atoms with Gasteiger partial charge in [0, 0.05) is 38.3 Å². The van der Waals surface area contributed by atoms with Gasteiger partial charge in [-0.2, -0.15) is 0 Å². The number of likely N-dealkylation sites (tertiary alicyclic amines) is 1. The van der Waals surface area contributed by atoms with E-state index in [9.17, 15) is 4.79 Å². The fourth-order valence-electron chi connectivity index (χ4n) is 3.79. The average Bonchev–Trinajstić information content (AvgIpc) is 2.62. The predicted molar refractivity (Wildman–Crippen MR) is 104 cm³/mol. The molecule has 1 amide bonds. The second kappa shape index (κ2) is 8.30. The van der Waals surface area contributed by atoms with Gasteiger partial charge in [-0.15, -0.1) is 0 Å². The maximum Gasteiger partial charge on any atom is 0.224 e. The summed E-state index contributed by atoms with van der Waals surface area (Å²) in [4.78, 5) is 16.7. The van der Waals surface area contributed by atoms with Crippen LogP contribution in [0.1, 0.15) is 30.9 Å². The Labute approximate surface area is 151 Å². The van der Waals surface area contributed by atoms with Crippen molar-refractivity contribution in [2.24, 2.45) is 0 Å². The number of para-hydroxylation sites is 1. The number of carbonyl (C=O) groups is 1. The third kappa shape index (κ3) is 4.70. The Balaban J connectivity index is 1.54. The number of anilines is 1. The van der Waals surface area contributed by atoms with Gasteiger partial charge < -0.3 is 9.80 Å². The minimum atomic E-state index is 0.143. The molecule has 0 saturated carbocycles. The molecule has 25 heavy (non-hydrogen) atoms. The standard InChI is InChI=1S/C22H28N2O/c1-18-7-6-8-20(17-18)11-14-23-15-12-22(13-16-23)24(19(2)25)21-9-4-3-5-10-21/h3-10,17,22H,11-16H2,1-2H3. The van der Waals surface area contributed by atoms with Crippen LogP contribution < -0.4 is 4.90 Å². The highest BCUT2D eigenvalue weighted by atomic mass is 16.2. The van der Waals surface area contributed by atoms with Crippen molar-refractivity contribution in [2.45, 2.75) is 39.2 Å². The quantitative estimate of drug-likeness (QED) is 0.822. The summed E-state index contributed by atoms with van der Waals surface area (Å²) in [5, 5.41) is 0. The topological polar surface area (TPSA) is 23.6 Å². The van der Waals surface area contributed by atoms with Crippen molar-refractivity contribution < 1.29 is 4.79 Å². The predicted octanol–water partition coefficient (Wildman–Crippen LogP) is 4.06. The molecule has 2 aromatic rings. The van der Waals surface area contributed by atoms with E-state index in [1.165, 1.54) is 11.1 Å². The number of amides is 1. The number of hydrogen-bond donors (Lipinski definition) is 0. The molecule has 2 aromatic carbocycles. The smallest absolute Gasteiger partial charge is 0.224 e. The Morgan fingerprint density at radius 3 is 2.44 bits per heavy atom. The number of rotatable bonds is 5. The highest BCUT2D eigenvalue weighted by Crippen LogP contribution is 2.24. The SMILES string of the molecule is CC(=O)N(c1ccccc1)C1CCN(CCc2cccc(C)c2)CC1. The Kier molecular flexibility index (Phi) is 5.87. The van der Waals surface area contributed by atoms with Crippen molar-refractivity contribution in [3.05, 3.63) is 65.7 Å². The lowest BCUT2D eigenvalue weighted by atomic mass is 10.0. The van der Waals surface area contributed by atoms with Crippen LogP contribution >= 0.6 is 0 Å². The third-order valence-corrected chi connectivity index (χ3v) is 5.10. The van der Waals surface area contributed by atoms with Crippen LogP contribution in [0, 0.1) is 6.92 Å². The van der Waals surface area contributed by atoms with Gasteiger partial charge in [0.05, 0.1) is 0 Å². The molecule has 0 N–H and O–H groups in total. The van der Waals surface area contributed by atoms with Gasteiger partial charge in [-0.1, -0.05) is 48.0 Å². The van der Waals surface area contributed by atoms with Crippen molar-refractivity contribution in [3.8, 4) is 0 Å². The van der Waals surface area contributed by atoms with Crippen LogP contribution in [-0.4, -0.2) is 36.5 Å². The molecule has 0 radical (unpaired) electrons. The van der Waals surface area contributed by atoms with E-state index in [0.717, 1.165) is 44.6 Å². The number of aryl methyl sites for hydroxylation is 1. The van der Waals surface area contributed by atoms with E-state index < -0.39 is 0 Å².